The van der Waals surface area contributed by atoms with Crippen molar-refractivity contribution in [1.29, 1.82) is 0 Å². The molecule has 0 saturated carbocycles. The van der Waals surface area contributed by atoms with Crippen molar-refractivity contribution in [3.8, 4) is 0 Å². The van der Waals surface area contributed by atoms with Gasteiger partial charge in [-0.3, -0.25) is 4.98 Å². The van der Waals surface area contributed by atoms with E-state index in [0.717, 1.165) is 17.7 Å². The van der Waals surface area contributed by atoms with E-state index in [2.05, 4.69) is 11.9 Å². The van der Waals surface area contributed by atoms with Crippen LogP contribution in [0.15, 0.2) is 18.5 Å². The van der Waals surface area contributed by atoms with Crippen LogP contribution in [0.3, 0.4) is 0 Å². The van der Waals surface area contributed by atoms with Crippen LogP contribution >= 0.6 is 11.6 Å². The third-order valence-electron chi connectivity index (χ3n) is 1.77. The van der Waals surface area contributed by atoms with Crippen molar-refractivity contribution in [2.24, 2.45) is 5.92 Å². The number of anilines is 1. The van der Waals surface area contributed by atoms with E-state index in [-0.39, 0.29) is 0 Å². The Hall–Kier alpha value is -0.760. The van der Waals surface area contributed by atoms with Crippen molar-refractivity contribution < 1.29 is 0 Å². The molecule has 0 spiro atoms. The molecule has 3 heteroatoms. The maximum Gasteiger partial charge on any atom is 0.0377 e. The molecule has 0 aromatic carbocycles. The Kier molecular flexibility index (Phi) is 3.35. The number of nitrogens with zero attached hydrogens (tertiary/aromatic N) is 1. The third kappa shape index (κ3) is 2.38. The highest BCUT2D eigenvalue weighted by Crippen LogP contribution is 2.14. The second-order valence-electron chi connectivity index (χ2n) is 3.04. The van der Waals surface area contributed by atoms with Gasteiger partial charge in [-0.05, 0) is 24.0 Å². The van der Waals surface area contributed by atoms with Crippen molar-refractivity contribution in [2.45, 2.75) is 13.3 Å². The van der Waals surface area contributed by atoms with Gasteiger partial charge < -0.3 is 5.73 Å². The zero-order chi connectivity index (χ0) is 8.97. The zero-order valence-corrected chi connectivity index (χ0v) is 7.88. The van der Waals surface area contributed by atoms with Crippen LogP contribution in [-0.2, 0) is 6.42 Å². The van der Waals surface area contributed by atoms with Crippen molar-refractivity contribution in [2.75, 3.05) is 11.6 Å². The lowest BCUT2D eigenvalue weighted by molar-refractivity contribution is 0.654. The minimum Gasteiger partial charge on any atom is -0.398 e. The van der Waals surface area contributed by atoms with E-state index < -0.39 is 0 Å². The van der Waals surface area contributed by atoms with Gasteiger partial charge >= 0.3 is 0 Å². The van der Waals surface area contributed by atoms with Gasteiger partial charge in [0.15, 0.2) is 0 Å². The summed E-state index contributed by atoms with van der Waals surface area (Å²) in [5, 5.41) is 0. The number of alkyl halides is 1. The van der Waals surface area contributed by atoms with Crippen LogP contribution in [-0.4, -0.2) is 10.9 Å². The monoisotopic (exact) mass is 184 g/mol. The number of nitrogens with two attached hydrogens (primary N) is 1. The topological polar surface area (TPSA) is 38.9 Å². The summed E-state index contributed by atoms with van der Waals surface area (Å²) in [4.78, 5) is 4.01. The molecule has 0 fully saturated rings. The Bertz CT molecular complexity index is 250. The Morgan fingerprint density at radius 1 is 1.67 bits per heavy atom. The largest absolute Gasteiger partial charge is 0.398 e. The standard InChI is InChI=1S/C9H13ClN2/c1-7(5-10)4-8-6-12-3-2-9(8)11/h2-3,6-7H,4-5H2,1H3,(H2,11,12). The molecule has 0 aliphatic rings. The maximum atomic E-state index is 5.74. The van der Waals surface area contributed by atoms with Gasteiger partial charge in [0.2, 0.25) is 0 Å². The predicted octanol–water partition coefficient (Wildman–Crippen LogP) is 2.08. The van der Waals surface area contributed by atoms with Crippen molar-refractivity contribution in [1.82, 2.24) is 4.98 Å². The van der Waals surface area contributed by atoms with Crippen molar-refractivity contribution in [3.05, 3.63) is 24.0 Å². The molecule has 0 radical (unpaired) electrons. The summed E-state index contributed by atoms with van der Waals surface area (Å²) < 4.78 is 0. The first-order valence-corrected chi connectivity index (χ1v) is 4.51. The van der Waals surface area contributed by atoms with E-state index in [9.17, 15) is 0 Å². The fraction of sp³-hybridized carbons (Fsp3) is 0.444. The molecule has 2 N–H and O–H groups in total. The molecule has 0 saturated heterocycles. The molecule has 12 heavy (non-hydrogen) atoms. The van der Waals surface area contributed by atoms with Crippen LogP contribution in [0.25, 0.3) is 0 Å². The Balaban J connectivity index is 2.69. The molecule has 0 aliphatic heterocycles. The molecular formula is C9H13ClN2. The number of rotatable bonds is 3. The molecule has 0 aliphatic carbocycles. The lowest BCUT2D eigenvalue weighted by atomic mass is 10.0. The van der Waals surface area contributed by atoms with Gasteiger partial charge in [-0.1, -0.05) is 6.92 Å². The Labute approximate surface area is 77.8 Å². The second kappa shape index (κ2) is 4.31. The van der Waals surface area contributed by atoms with Crippen LogP contribution < -0.4 is 5.73 Å². The van der Waals surface area contributed by atoms with Gasteiger partial charge in [0.25, 0.3) is 0 Å². The van der Waals surface area contributed by atoms with E-state index in [0.29, 0.717) is 11.8 Å². The fourth-order valence-electron chi connectivity index (χ4n) is 1.04. The summed E-state index contributed by atoms with van der Waals surface area (Å²) in [7, 11) is 0. The van der Waals surface area contributed by atoms with E-state index >= 15 is 0 Å². The summed E-state index contributed by atoms with van der Waals surface area (Å²) >= 11 is 5.69. The van der Waals surface area contributed by atoms with Gasteiger partial charge in [-0.15, -0.1) is 11.6 Å². The van der Waals surface area contributed by atoms with Crippen LogP contribution in [0, 0.1) is 5.92 Å². The lowest BCUT2D eigenvalue weighted by Crippen LogP contribution is -2.04. The number of hydrogen-bond donors (Lipinski definition) is 1. The summed E-state index contributed by atoms with van der Waals surface area (Å²) in [6, 6.07) is 1.82. The number of halogens is 1. The Morgan fingerprint density at radius 2 is 2.42 bits per heavy atom. The maximum absolute atomic E-state index is 5.74. The summed E-state index contributed by atoms with van der Waals surface area (Å²) in [5.41, 5.74) is 7.64. The number of aromatic nitrogens is 1. The quantitative estimate of drug-likeness (QED) is 0.731. The van der Waals surface area contributed by atoms with E-state index in [1.165, 1.54) is 0 Å². The second-order valence-corrected chi connectivity index (χ2v) is 3.35. The third-order valence-corrected chi connectivity index (χ3v) is 2.30. The van der Waals surface area contributed by atoms with Gasteiger partial charge in [0.1, 0.15) is 0 Å². The molecule has 0 amide bonds. The minimum absolute atomic E-state index is 0.457. The molecule has 1 aromatic heterocycles. The Morgan fingerprint density at radius 3 is 3.00 bits per heavy atom. The van der Waals surface area contributed by atoms with Crippen LogP contribution in [0.4, 0.5) is 5.69 Å². The molecule has 1 unspecified atom stereocenters. The summed E-state index contributed by atoms with van der Waals surface area (Å²) in [6.07, 6.45) is 4.41. The van der Waals surface area contributed by atoms with Crippen molar-refractivity contribution in [3.63, 3.8) is 0 Å². The average Bonchev–Trinajstić information content (AvgIpc) is 2.09. The molecule has 1 atom stereocenters. The van der Waals surface area contributed by atoms with E-state index in [4.69, 9.17) is 17.3 Å². The van der Waals surface area contributed by atoms with Gasteiger partial charge in [0.05, 0.1) is 0 Å². The molecule has 1 rings (SSSR count). The first kappa shape index (κ1) is 9.33. The summed E-state index contributed by atoms with van der Waals surface area (Å²) in [6.45, 7) is 2.10. The van der Waals surface area contributed by atoms with E-state index in [1.54, 1.807) is 12.4 Å². The highest BCUT2D eigenvalue weighted by Gasteiger charge is 2.04. The zero-order valence-electron chi connectivity index (χ0n) is 7.13. The van der Waals surface area contributed by atoms with Gasteiger partial charge in [0, 0.05) is 24.0 Å². The van der Waals surface area contributed by atoms with Crippen LogP contribution in [0.2, 0.25) is 0 Å². The highest BCUT2D eigenvalue weighted by molar-refractivity contribution is 6.18. The highest BCUT2D eigenvalue weighted by atomic mass is 35.5. The first-order chi connectivity index (χ1) is 5.74. The van der Waals surface area contributed by atoms with Gasteiger partial charge in [-0.25, -0.2) is 0 Å². The van der Waals surface area contributed by atoms with Gasteiger partial charge in [-0.2, -0.15) is 0 Å². The average molecular weight is 185 g/mol. The molecular weight excluding hydrogens is 172 g/mol. The predicted molar refractivity (Wildman–Crippen MR) is 52.2 cm³/mol. The first-order valence-electron chi connectivity index (χ1n) is 3.98. The molecule has 66 valence electrons. The SMILES string of the molecule is CC(CCl)Cc1cnccc1N. The number of hydrogen-bond acceptors (Lipinski definition) is 2. The molecule has 0 bridgehead atoms. The van der Waals surface area contributed by atoms with Crippen molar-refractivity contribution >= 4 is 17.3 Å². The number of pyridine rings is 1. The summed E-state index contributed by atoms with van der Waals surface area (Å²) in [5.74, 6) is 1.12. The number of nitrogen functional groups attached to an aromatic ring is 1. The fourth-order valence-corrected chi connectivity index (χ4v) is 1.15. The van der Waals surface area contributed by atoms with E-state index in [1.807, 2.05) is 6.07 Å². The lowest BCUT2D eigenvalue weighted by Gasteiger charge is -2.08. The molecule has 1 aromatic rings. The minimum atomic E-state index is 0.457. The smallest absolute Gasteiger partial charge is 0.0377 e. The molecule has 1 heterocycles. The van der Waals surface area contributed by atoms with Crippen LogP contribution in [0.1, 0.15) is 12.5 Å². The molecule has 2 nitrogen and oxygen atoms in total. The normalized spacial score (nSPS) is 12.8. The van der Waals surface area contributed by atoms with Crippen LogP contribution in [0.5, 0.6) is 0 Å².